The topological polar surface area (TPSA) is 20.2 Å². The molecule has 0 heterocycles. The third kappa shape index (κ3) is 2.43. The van der Waals surface area contributed by atoms with Crippen molar-refractivity contribution in [1.29, 1.82) is 0 Å². The number of phenols is 1. The number of benzene rings is 3. The Bertz CT molecular complexity index is 635. The number of para-hydroxylation sites is 1. The van der Waals surface area contributed by atoms with Crippen LogP contribution in [0.4, 0.5) is 0 Å². The number of hydrogen-bond donors (Lipinski definition) is 1. The molecule has 0 bridgehead atoms. The molecule has 1 nitrogen and oxygen atoms in total. The van der Waals surface area contributed by atoms with Crippen molar-refractivity contribution in [3.8, 4) is 5.75 Å². The van der Waals surface area contributed by atoms with Crippen LogP contribution in [0.25, 0.3) is 0 Å². The highest BCUT2D eigenvalue weighted by molar-refractivity contribution is 5.48. The van der Waals surface area contributed by atoms with Crippen molar-refractivity contribution in [2.45, 2.75) is 5.92 Å². The Hall–Kier alpha value is -2.54. The summed E-state index contributed by atoms with van der Waals surface area (Å²) >= 11 is 0. The zero-order valence-corrected chi connectivity index (χ0v) is 11.1. The van der Waals surface area contributed by atoms with Gasteiger partial charge in [-0.25, -0.2) is 0 Å². The van der Waals surface area contributed by atoms with E-state index in [1.165, 1.54) is 11.1 Å². The fourth-order valence-corrected chi connectivity index (χ4v) is 2.57. The number of hydrogen-bond acceptors (Lipinski definition) is 1. The second-order valence-electron chi connectivity index (χ2n) is 4.81. The number of phenolic OH excluding ortho intramolecular Hbond substituents is 1. The van der Waals surface area contributed by atoms with Gasteiger partial charge in [-0.05, 0) is 17.2 Å². The third-order valence-corrected chi connectivity index (χ3v) is 3.51. The van der Waals surface area contributed by atoms with Gasteiger partial charge in [0.05, 0.1) is 0 Å². The van der Waals surface area contributed by atoms with Crippen molar-refractivity contribution in [2.24, 2.45) is 0 Å². The summed E-state index contributed by atoms with van der Waals surface area (Å²) < 4.78 is 0. The van der Waals surface area contributed by atoms with E-state index in [0.717, 1.165) is 5.56 Å². The predicted octanol–water partition coefficient (Wildman–Crippen LogP) is 4.57. The minimum absolute atomic E-state index is 0.0543. The lowest BCUT2D eigenvalue weighted by atomic mass is 9.85. The summed E-state index contributed by atoms with van der Waals surface area (Å²) in [5.74, 6) is 0.392. The zero-order chi connectivity index (χ0) is 13.8. The maximum absolute atomic E-state index is 10.2. The van der Waals surface area contributed by atoms with Gasteiger partial charge < -0.3 is 5.11 Å². The van der Waals surface area contributed by atoms with Gasteiger partial charge in [-0.15, -0.1) is 0 Å². The highest BCUT2D eigenvalue weighted by atomic mass is 16.3. The van der Waals surface area contributed by atoms with E-state index in [9.17, 15) is 5.11 Å². The van der Waals surface area contributed by atoms with Gasteiger partial charge >= 0.3 is 0 Å². The number of rotatable bonds is 3. The molecule has 0 radical (unpaired) electrons. The van der Waals surface area contributed by atoms with Gasteiger partial charge in [0.15, 0.2) is 0 Å². The van der Waals surface area contributed by atoms with E-state index in [4.69, 9.17) is 0 Å². The van der Waals surface area contributed by atoms with Crippen LogP contribution < -0.4 is 0 Å². The molecule has 0 unspecified atom stereocenters. The van der Waals surface area contributed by atoms with E-state index in [2.05, 4.69) is 24.3 Å². The monoisotopic (exact) mass is 260 g/mol. The minimum Gasteiger partial charge on any atom is -0.508 e. The molecule has 0 aliphatic rings. The van der Waals surface area contributed by atoms with Crippen molar-refractivity contribution in [2.75, 3.05) is 0 Å². The third-order valence-electron chi connectivity index (χ3n) is 3.51. The first-order chi connectivity index (χ1) is 9.86. The highest BCUT2D eigenvalue weighted by Crippen LogP contribution is 2.36. The Morgan fingerprint density at radius 3 is 1.50 bits per heavy atom. The normalized spacial score (nSPS) is 10.7. The summed E-state index contributed by atoms with van der Waals surface area (Å²) in [5, 5.41) is 10.2. The molecule has 0 aliphatic carbocycles. The molecule has 0 amide bonds. The molecule has 0 spiro atoms. The Labute approximate surface area is 119 Å². The van der Waals surface area contributed by atoms with Gasteiger partial charge in [0.2, 0.25) is 0 Å². The molecule has 0 saturated heterocycles. The van der Waals surface area contributed by atoms with Crippen LogP contribution in [0, 0.1) is 0 Å². The molecular formula is C19H16O. The molecule has 0 aromatic heterocycles. The fraction of sp³-hybridized carbons (Fsp3) is 0.0526. The van der Waals surface area contributed by atoms with Gasteiger partial charge in [-0.3, -0.25) is 0 Å². The van der Waals surface area contributed by atoms with Crippen LogP contribution in [-0.4, -0.2) is 5.11 Å². The second kappa shape index (κ2) is 5.62. The van der Waals surface area contributed by atoms with Gasteiger partial charge in [-0.1, -0.05) is 78.9 Å². The molecule has 3 rings (SSSR count). The largest absolute Gasteiger partial charge is 0.508 e. The molecule has 98 valence electrons. The molecule has 0 saturated carbocycles. The summed E-state index contributed by atoms with van der Waals surface area (Å²) in [7, 11) is 0. The van der Waals surface area contributed by atoms with Gasteiger partial charge in [0.25, 0.3) is 0 Å². The first-order valence-electron chi connectivity index (χ1n) is 6.74. The van der Waals surface area contributed by atoms with Gasteiger partial charge in [-0.2, -0.15) is 0 Å². The van der Waals surface area contributed by atoms with E-state index < -0.39 is 0 Å². The quantitative estimate of drug-likeness (QED) is 0.684. The van der Waals surface area contributed by atoms with Crippen molar-refractivity contribution in [1.82, 2.24) is 0 Å². The van der Waals surface area contributed by atoms with Crippen LogP contribution >= 0.6 is 0 Å². The van der Waals surface area contributed by atoms with E-state index in [1.54, 1.807) is 6.07 Å². The molecule has 0 atom stereocenters. The maximum atomic E-state index is 10.2. The Kier molecular flexibility index (Phi) is 3.51. The minimum atomic E-state index is 0.0543. The summed E-state index contributed by atoms with van der Waals surface area (Å²) in [5.41, 5.74) is 3.30. The van der Waals surface area contributed by atoms with Crippen molar-refractivity contribution in [3.63, 3.8) is 0 Å². The summed E-state index contributed by atoms with van der Waals surface area (Å²) in [6.07, 6.45) is 0. The van der Waals surface area contributed by atoms with Crippen molar-refractivity contribution < 1.29 is 5.11 Å². The molecule has 1 heteroatoms. The summed E-state index contributed by atoms with van der Waals surface area (Å²) in [4.78, 5) is 0. The molecule has 20 heavy (non-hydrogen) atoms. The number of aromatic hydroxyl groups is 1. The fourth-order valence-electron chi connectivity index (χ4n) is 2.57. The van der Waals surface area contributed by atoms with E-state index in [0.29, 0.717) is 5.75 Å². The molecule has 0 aliphatic heterocycles. The van der Waals surface area contributed by atoms with Crippen LogP contribution in [-0.2, 0) is 0 Å². The van der Waals surface area contributed by atoms with E-state index >= 15 is 0 Å². The lowest BCUT2D eigenvalue weighted by Gasteiger charge is -2.19. The van der Waals surface area contributed by atoms with Crippen LogP contribution in [0.15, 0.2) is 84.9 Å². The lowest BCUT2D eigenvalue weighted by Crippen LogP contribution is -2.03. The SMILES string of the molecule is Oc1ccccc1C(c1ccccc1)c1ccccc1. The molecule has 1 N–H and O–H groups in total. The molecular weight excluding hydrogens is 244 g/mol. The van der Waals surface area contributed by atoms with Crippen LogP contribution in [0.1, 0.15) is 22.6 Å². The summed E-state index contributed by atoms with van der Waals surface area (Å²) in [6.45, 7) is 0. The average molecular weight is 260 g/mol. The predicted molar refractivity (Wildman–Crippen MR) is 81.9 cm³/mol. The smallest absolute Gasteiger partial charge is 0.119 e. The maximum Gasteiger partial charge on any atom is 0.119 e. The Morgan fingerprint density at radius 2 is 1.00 bits per heavy atom. The second-order valence-corrected chi connectivity index (χ2v) is 4.81. The average Bonchev–Trinajstić information content (AvgIpc) is 2.52. The Balaban J connectivity index is 2.17. The Morgan fingerprint density at radius 1 is 0.550 bits per heavy atom. The van der Waals surface area contributed by atoms with Crippen LogP contribution in [0.5, 0.6) is 5.75 Å². The molecule has 3 aromatic carbocycles. The zero-order valence-electron chi connectivity index (χ0n) is 11.1. The van der Waals surface area contributed by atoms with Crippen molar-refractivity contribution in [3.05, 3.63) is 102 Å². The van der Waals surface area contributed by atoms with Crippen LogP contribution in [0.3, 0.4) is 0 Å². The first kappa shape index (κ1) is 12.5. The lowest BCUT2D eigenvalue weighted by molar-refractivity contribution is 0.467. The standard InChI is InChI=1S/C19H16O/c20-18-14-8-7-13-17(18)19(15-9-3-1-4-10-15)16-11-5-2-6-12-16/h1-14,19-20H. The first-order valence-corrected chi connectivity index (χ1v) is 6.74. The van der Waals surface area contributed by atoms with Crippen molar-refractivity contribution >= 4 is 0 Å². The summed E-state index contributed by atoms with van der Waals surface area (Å²) in [6, 6.07) is 28.1. The highest BCUT2D eigenvalue weighted by Gasteiger charge is 2.18. The molecule has 0 fully saturated rings. The molecule has 3 aromatic rings. The van der Waals surface area contributed by atoms with Crippen LogP contribution in [0.2, 0.25) is 0 Å². The van der Waals surface area contributed by atoms with E-state index in [1.807, 2.05) is 54.6 Å². The van der Waals surface area contributed by atoms with E-state index in [-0.39, 0.29) is 5.92 Å². The van der Waals surface area contributed by atoms with Gasteiger partial charge in [0, 0.05) is 11.5 Å². The van der Waals surface area contributed by atoms with Gasteiger partial charge in [0.1, 0.15) is 5.75 Å².